The van der Waals surface area contributed by atoms with E-state index < -0.39 is 70.7 Å². The number of rotatable bonds is 9. The third-order valence-corrected chi connectivity index (χ3v) is 4.08. The fraction of sp³-hybridized carbons (Fsp3) is 1.00. The van der Waals surface area contributed by atoms with Gasteiger partial charge in [-0.3, -0.25) is 0 Å². The Hall–Kier alpha value is -0.473. The van der Waals surface area contributed by atoms with Gasteiger partial charge >= 0.3 is 54.0 Å². The van der Waals surface area contributed by atoms with E-state index in [0.717, 1.165) is 0 Å². The molecular formula is C10H7F14LiO3S. The molecule has 0 aromatic carbocycles. The molecule has 0 fully saturated rings. The molecule has 29 heavy (non-hydrogen) atoms. The summed E-state index contributed by atoms with van der Waals surface area (Å²) < 4.78 is 209. The van der Waals surface area contributed by atoms with Gasteiger partial charge in [0.25, 0.3) is 0 Å². The molecule has 0 aliphatic rings. The summed E-state index contributed by atoms with van der Waals surface area (Å²) in [6.45, 7) is 0. The first-order valence-electron chi connectivity index (χ1n) is 6.43. The normalized spacial score (nSPS) is 16.4. The molecule has 0 heterocycles. The maximum atomic E-state index is 13.2. The minimum atomic E-state index is -8.03. The largest absolute Gasteiger partial charge is 1.00 e. The van der Waals surface area contributed by atoms with Crippen molar-refractivity contribution in [3.8, 4) is 0 Å². The number of hydrogen-bond donors (Lipinski definition) is 0. The van der Waals surface area contributed by atoms with Crippen molar-refractivity contribution < 1.29 is 93.3 Å². The maximum absolute atomic E-state index is 13.2. The minimum absolute atomic E-state index is 0. The molecule has 0 saturated carbocycles. The Kier molecular flexibility index (Phi) is 9.08. The summed E-state index contributed by atoms with van der Waals surface area (Å²) in [6.07, 6.45) is -15.8. The molecule has 0 aromatic rings. The van der Waals surface area contributed by atoms with Crippen LogP contribution in [0, 0.1) is 0 Å². The molecule has 0 aromatic heterocycles. The van der Waals surface area contributed by atoms with Crippen LogP contribution in [0.4, 0.5) is 61.5 Å². The van der Waals surface area contributed by atoms with Gasteiger partial charge in [-0.2, -0.15) is 57.1 Å². The molecule has 0 N–H and O–H groups in total. The van der Waals surface area contributed by atoms with Crippen LogP contribution in [-0.2, 0) is 10.1 Å². The molecule has 0 saturated heterocycles. The van der Waals surface area contributed by atoms with Gasteiger partial charge in [0.1, 0.15) is 0 Å². The second-order valence-electron chi connectivity index (χ2n) is 5.29. The van der Waals surface area contributed by atoms with Crippen molar-refractivity contribution in [1.82, 2.24) is 0 Å². The van der Waals surface area contributed by atoms with E-state index in [2.05, 4.69) is 0 Å². The molecule has 0 radical (unpaired) electrons. The molecule has 0 aliphatic heterocycles. The van der Waals surface area contributed by atoms with Gasteiger partial charge in [-0.1, -0.05) is 0 Å². The van der Waals surface area contributed by atoms with Crippen LogP contribution in [0.1, 0.15) is 19.3 Å². The van der Waals surface area contributed by atoms with Crippen LogP contribution in [0.2, 0.25) is 0 Å². The van der Waals surface area contributed by atoms with Crippen molar-refractivity contribution in [2.24, 2.45) is 0 Å². The van der Waals surface area contributed by atoms with E-state index in [1.165, 1.54) is 0 Å². The van der Waals surface area contributed by atoms with Crippen molar-refractivity contribution in [1.29, 1.82) is 0 Å². The molecule has 0 amide bonds. The summed E-state index contributed by atoms with van der Waals surface area (Å²) in [6, 6.07) is 0. The fourth-order valence-electron chi connectivity index (χ4n) is 1.61. The average Bonchev–Trinajstić information content (AvgIpc) is 2.43. The molecule has 3 nitrogen and oxygen atoms in total. The van der Waals surface area contributed by atoms with Crippen molar-refractivity contribution in [2.75, 3.05) is 0 Å². The molecule has 170 valence electrons. The first kappa shape index (κ1) is 30.7. The molecule has 0 bridgehead atoms. The summed E-state index contributed by atoms with van der Waals surface area (Å²) in [5.41, 5.74) is 0. The van der Waals surface area contributed by atoms with E-state index in [1.807, 2.05) is 0 Å². The number of halogens is 14. The standard InChI is InChI=1S/C10H8F14O3S.Li/c11-4(2-1-3-5(12,13)14)6(15,16)7(17,18)8(19,20)9(21,22)10(23,24)28(25,26)27;/h4H,1-3H2,(H,25,26,27);/q;+1/p-1. The average molecular weight is 480 g/mol. The molecule has 0 aliphatic carbocycles. The Morgan fingerprint density at radius 1 is 0.724 bits per heavy atom. The predicted octanol–water partition coefficient (Wildman–Crippen LogP) is 1.74. The van der Waals surface area contributed by atoms with Crippen LogP contribution < -0.4 is 18.9 Å². The Bertz CT molecular complexity index is 659. The van der Waals surface area contributed by atoms with Crippen LogP contribution in [0.3, 0.4) is 0 Å². The minimum Gasteiger partial charge on any atom is -0.743 e. The van der Waals surface area contributed by atoms with E-state index in [4.69, 9.17) is 0 Å². The molecule has 0 rings (SSSR count). The Labute approximate surface area is 164 Å². The van der Waals surface area contributed by atoms with Crippen LogP contribution in [-0.4, -0.2) is 54.3 Å². The van der Waals surface area contributed by atoms with Crippen molar-refractivity contribution >= 4 is 10.1 Å². The quantitative estimate of drug-likeness (QED) is 0.287. The topological polar surface area (TPSA) is 57.2 Å². The van der Waals surface area contributed by atoms with Gasteiger partial charge in [-0.25, -0.2) is 12.8 Å². The molecular weight excluding hydrogens is 473 g/mol. The summed E-state index contributed by atoms with van der Waals surface area (Å²) in [4.78, 5) is 0. The van der Waals surface area contributed by atoms with Gasteiger partial charge < -0.3 is 4.55 Å². The monoisotopic (exact) mass is 480 g/mol. The zero-order valence-corrected chi connectivity index (χ0v) is 14.4. The fourth-order valence-corrected chi connectivity index (χ4v) is 2.05. The second kappa shape index (κ2) is 8.58. The molecule has 1 unspecified atom stereocenters. The van der Waals surface area contributed by atoms with E-state index in [9.17, 15) is 74.4 Å². The summed E-state index contributed by atoms with van der Waals surface area (Å²) in [5.74, 6) is -30.7. The van der Waals surface area contributed by atoms with Crippen LogP contribution in [0.25, 0.3) is 0 Å². The van der Waals surface area contributed by atoms with Gasteiger partial charge in [0, 0.05) is 6.42 Å². The molecule has 0 spiro atoms. The first-order valence-corrected chi connectivity index (χ1v) is 7.84. The zero-order chi connectivity index (χ0) is 23.2. The van der Waals surface area contributed by atoms with Gasteiger partial charge in [0.15, 0.2) is 16.3 Å². The van der Waals surface area contributed by atoms with E-state index >= 15 is 0 Å². The van der Waals surface area contributed by atoms with Crippen LogP contribution in [0.5, 0.6) is 0 Å². The zero-order valence-electron chi connectivity index (χ0n) is 13.6. The molecule has 1 atom stereocenters. The number of hydrogen-bond acceptors (Lipinski definition) is 3. The first-order chi connectivity index (χ1) is 11.9. The van der Waals surface area contributed by atoms with E-state index in [-0.39, 0.29) is 18.9 Å². The van der Waals surface area contributed by atoms with Gasteiger partial charge in [0.2, 0.25) is 0 Å². The van der Waals surface area contributed by atoms with Crippen molar-refractivity contribution in [3.63, 3.8) is 0 Å². The Morgan fingerprint density at radius 3 is 1.41 bits per heavy atom. The van der Waals surface area contributed by atoms with Crippen molar-refractivity contribution in [2.45, 2.75) is 60.6 Å². The van der Waals surface area contributed by atoms with E-state index in [0.29, 0.717) is 0 Å². The Balaban J connectivity index is 0. The SMILES string of the molecule is O=S(=O)([O-])C(F)(F)C(F)(F)C(F)(F)C(F)(F)C(F)(F)C(F)CCCC(F)(F)F.[Li+]. The van der Waals surface area contributed by atoms with Gasteiger partial charge in [-0.05, 0) is 12.8 Å². The summed E-state index contributed by atoms with van der Waals surface area (Å²) >= 11 is 0. The summed E-state index contributed by atoms with van der Waals surface area (Å²) in [7, 11) is -7.81. The van der Waals surface area contributed by atoms with Crippen LogP contribution >= 0.6 is 0 Å². The third kappa shape index (κ3) is 5.42. The van der Waals surface area contributed by atoms with Gasteiger partial charge in [0.05, 0.1) is 0 Å². The third-order valence-electron chi connectivity index (χ3n) is 3.20. The summed E-state index contributed by atoms with van der Waals surface area (Å²) in [5, 5.41) is -7.54. The second-order valence-corrected chi connectivity index (χ2v) is 6.71. The van der Waals surface area contributed by atoms with Crippen LogP contribution in [0.15, 0.2) is 0 Å². The molecule has 19 heteroatoms. The van der Waals surface area contributed by atoms with Gasteiger partial charge in [-0.15, -0.1) is 0 Å². The van der Waals surface area contributed by atoms with Crippen molar-refractivity contribution in [3.05, 3.63) is 0 Å². The Morgan fingerprint density at radius 2 is 1.10 bits per heavy atom. The predicted molar refractivity (Wildman–Crippen MR) is 59.2 cm³/mol. The number of alkyl halides is 14. The van der Waals surface area contributed by atoms with E-state index in [1.54, 1.807) is 0 Å². The maximum Gasteiger partial charge on any atom is 1.00 e. The smallest absolute Gasteiger partial charge is 0.743 e.